The molecule has 2 amide bonds. The molecule has 0 aliphatic carbocycles. The van der Waals surface area contributed by atoms with Crippen molar-refractivity contribution in [3.8, 4) is 0 Å². The van der Waals surface area contributed by atoms with Crippen molar-refractivity contribution in [2.45, 2.75) is 19.9 Å². The summed E-state index contributed by atoms with van der Waals surface area (Å²) in [6.45, 7) is 3.51. The molecule has 140 valence electrons. The van der Waals surface area contributed by atoms with Gasteiger partial charge in [0.05, 0.1) is 10.7 Å². The number of hydrogen-bond donors (Lipinski definition) is 2. The van der Waals surface area contributed by atoms with E-state index in [2.05, 4.69) is 20.8 Å². The van der Waals surface area contributed by atoms with Gasteiger partial charge in [-0.2, -0.15) is 10.2 Å². The van der Waals surface area contributed by atoms with E-state index in [9.17, 15) is 9.59 Å². The summed E-state index contributed by atoms with van der Waals surface area (Å²) in [6.07, 6.45) is 3.32. The highest BCUT2D eigenvalue weighted by Gasteiger charge is 2.17. The average molecular weight is 387 g/mol. The lowest BCUT2D eigenvalue weighted by Crippen LogP contribution is -2.24. The third kappa shape index (κ3) is 4.35. The molecule has 27 heavy (non-hydrogen) atoms. The van der Waals surface area contributed by atoms with Crippen molar-refractivity contribution >= 4 is 34.8 Å². The number of rotatable bonds is 5. The number of amides is 2. The van der Waals surface area contributed by atoms with E-state index in [1.54, 1.807) is 68.3 Å². The van der Waals surface area contributed by atoms with Gasteiger partial charge in [0.2, 0.25) is 5.91 Å². The highest BCUT2D eigenvalue weighted by atomic mass is 35.5. The summed E-state index contributed by atoms with van der Waals surface area (Å²) >= 11 is 5.99. The number of anilines is 2. The summed E-state index contributed by atoms with van der Waals surface area (Å²) in [4.78, 5) is 24.5. The summed E-state index contributed by atoms with van der Waals surface area (Å²) in [7, 11) is 1.74. The van der Waals surface area contributed by atoms with Crippen molar-refractivity contribution in [1.29, 1.82) is 0 Å². The first-order valence-corrected chi connectivity index (χ1v) is 8.64. The maximum atomic E-state index is 12.4. The molecule has 0 spiro atoms. The Morgan fingerprint density at radius 1 is 1.07 bits per heavy atom. The normalized spacial score (nSPS) is 11.9. The van der Waals surface area contributed by atoms with Gasteiger partial charge in [0.25, 0.3) is 5.91 Å². The van der Waals surface area contributed by atoms with Gasteiger partial charge in [0.1, 0.15) is 6.04 Å². The molecule has 2 aromatic heterocycles. The van der Waals surface area contributed by atoms with Crippen LogP contribution in [0.2, 0.25) is 5.02 Å². The molecule has 1 atom stereocenters. The minimum absolute atomic E-state index is 0.223. The van der Waals surface area contributed by atoms with Crippen molar-refractivity contribution in [1.82, 2.24) is 19.6 Å². The van der Waals surface area contributed by atoms with Gasteiger partial charge in [0.15, 0.2) is 5.69 Å². The minimum atomic E-state index is -0.514. The van der Waals surface area contributed by atoms with Crippen LogP contribution in [-0.2, 0) is 11.8 Å². The van der Waals surface area contributed by atoms with E-state index in [0.29, 0.717) is 27.8 Å². The van der Waals surface area contributed by atoms with Crippen molar-refractivity contribution in [2.75, 3.05) is 10.6 Å². The molecule has 0 fully saturated rings. The number of carbonyl (C=O) groups is 2. The SMILES string of the molecule is Cc1nn(C(C)C(=O)Nc2ccc(NC(=O)c3ccn(C)n3)cc2)cc1Cl. The Bertz CT molecular complexity index is 957. The first kappa shape index (κ1) is 18.7. The zero-order valence-corrected chi connectivity index (χ0v) is 15.9. The largest absolute Gasteiger partial charge is 0.324 e. The van der Waals surface area contributed by atoms with Gasteiger partial charge >= 0.3 is 0 Å². The third-order valence-corrected chi connectivity index (χ3v) is 4.36. The maximum absolute atomic E-state index is 12.4. The van der Waals surface area contributed by atoms with E-state index >= 15 is 0 Å². The van der Waals surface area contributed by atoms with Crippen LogP contribution in [0.3, 0.4) is 0 Å². The smallest absolute Gasteiger partial charge is 0.276 e. The molecule has 1 aromatic carbocycles. The summed E-state index contributed by atoms with van der Waals surface area (Å²) in [5.41, 5.74) is 2.21. The van der Waals surface area contributed by atoms with Crippen LogP contribution < -0.4 is 10.6 Å². The lowest BCUT2D eigenvalue weighted by atomic mass is 10.2. The van der Waals surface area contributed by atoms with E-state index < -0.39 is 6.04 Å². The van der Waals surface area contributed by atoms with E-state index in [0.717, 1.165) is 0 Å². The first-order valence-electron chi connectivity index (χ1n) is 8.26. The van der Waals surface area contributed by atoms with Crippen LogP contribution in [0, 0.1) is 6.92 Å². The zero-order valence-electron chi connectivity index (χ0n) is 15.1. The first-order chi connectivity index (χ1) is 12.8. The van der Waals surface area contributed by atoms with Crippen LogP contribution in [0.1, 0.15) is 29.1 Å². The number of aryl methyl sites for hydroxylation is 2. The van der Waals surface area contributed by atoms with Gasteiger partial charge < -0.3 is 10.6 Å². The van der Waals surface area contributed by atoms with Crippen molar-refractivity contribution in [3.63, 3.8) is 0 Å². The number of benzene rings is 1. The van der Waals surface area contributed by atoms with E-state index in [1.165, 1.54) is 4.68 Å². The van der Waals surface area contributed by atoms with Crippen LogP contribution in [-0.4, -0.2) is 31.4 Å². The van der Waals surface area contributed by atoms with Gasteiger partial charge in [-0.15, -0.1) is 0 Å². The van der Waals surface area contributed by atoms with Crippen LogP contribution in [0.15, 0.2) is 42.7 Å². The van der Waals surface area contributed by atoms with Crippen LogP contribution in [0.4, 0.5) is 11.4 Å². The molecule has 2 N–H and O–H groups in total. The van der Waals surface area contributed by atoms with Crippen LogP contribution >= 0.6 is 11.6 Å². The number of nitrogens with one attached hydrogen (secondary N) is 2. The predicted molar refractivity (Wildman–Crippen MR) is 103 cm³/mol. The highest BCUT2D eigenvalue weighted by Crippen LogP contribution is 2.19. The second kappa shape index (κ2) is 7.63. The molecule has 3 aromatic rings. The summed E-state index contributed by atoms with van der Waals surface area (Å²) in [5, 5.41) is 14.4. The third-order valence-electron chi connectivity index (χ3n) is 3.99. The van der Waals surface area contributed by atoms with Crippen molar-refractivity contribution in [2.24, 2.45) is 7.05 Å². The lowest BCUT2D eigenvalue weighted by molar-refractivity contribution is -0.119. The van der Waals surface area contributed by atoms with Crippen molar-refractivity contribution < 1.29 is 9.59 Å². The molecule has 2 heterocycles. The average Bonchev–Trinajstić information content (AvgIpc) is 3.22. The van der Waals surface area contributed by atoms with Gasteiger partial charge in [-0.05, 0) is 44.2 Å². The maximum Gasteiger partial charge on any atom is 0.276 e. The Hall–Kier alpha value is -3.13. The quantitative estimate of drug-likeness (QED) is 0.704. The zero-order chi connectivity index (χ0) is 19.6. The Balaban J connectivity index is 1.61. The number of hydrogen-bond acceptors (Lipinski definition) is 4. The summed E-state index contributed by atoms with van der Waals surface area (Å²) < 4.78 is 3.08. The topological polar surface area (TPSA) is 93.8 Å². The summed E-state index contributed by atoms with van der Waals surface area (Å²) in [6, 6.07) is 7.94. The standard InChI is InChI=1S/C18H19ClN6O2/c1-11-15(19)10-25(22-11)12(2)17(26)20-13-4-6-14(7-5-13)21-18(27)16-8-9-24(3)23-16/h4-10,12H,1-3H3,(H,20,26)(H,21,27). The number of aromatic nitrogens is 4. The molecule has 8 nitrogen and oxygen atoms in total. The second-order valence-electron chi connectivity index (χ2n) is 6.11. The van der Waals surface area contributed by atoms with Crippen molar-refractivity contribution in [3.05, 3.63) is 59.1 Å². The van der Waals surface area contributed by atoms with Gasteiger partial charge in [-0.1, -0.05) is 11.6 Å². The Labute approximate surface area is 161 Å². The molecule has 0 aliphatic rings. The van der Waals surface area contributed by atoms with Crippen LogP contribution in [0.25, 0.3) is 0 Å². The van der Waals surface area contributed by atoms with Crippen LogP contribution in [0.5, 0.6) is 0 Å². The van der Waals surface area contributed by atoms with E-state index in [-0.39, 0.29) is 11.8 Å². The van der Waals surface area contributed by atoms with Gasteiger partial charge in [-0.3, -0.25) is 19.0 Å². The number of nitrogens with zero attached hydrogens (tertiary/aromatic N) is 4. The molecule has 0 saturated heterocycles. The van der Waals surface area contributed by atoms with E-state index in [4.69, 9.17) is 11.6 Å². The fourth-order valence-electron chi connectivity index (χ4n) is 2.39. The Morgan fingerprint density at radius 2 is 1.70 bits per heavy atom. The molecular formula is C18H19ClN6O2. The molecule has 0 bridgehead atoms. The fourth-order valence-corrected chi connectivity index (χ4v) is 2.53. The van der Waals surface area contributed by atoms with E-state index in [1.807, 2.05) is 0 Å². The minimum Gasteiger partial charge on any atom is -0.324 e. The number of carbonyl (C=O) groups excluding carboxylic acids is 2. The van der Waals surface area contributed by atoms with Gasteiger partial charge in [-0.25, -0.2) is 0 Å². The Morgan fingerprint density at radius 3 is 2.22 bits per heavy atom. The predicted octanol–water partition coefficient (Wildman–Crippen LogP) is 3.03. The molecule has 0 aliphatic heterocycles. The summed E-state index contributed by atoms with van der Waals surface area (Å²) in [5.74, 6) is -0.522. The Kier molecular flexibility index (Phi) is 5.27. The second-order valence-corrected chi connectivity index (χ2v) is 6.52. The molecule has 9 heteroatoms. The molecule has 0 radical (unpaired) electrons. The molecule has 1 unspecified atom stereocenters. The monoisotopic (exact) mass is 386 g/mol. The lowest BCUT2D eigenvalue weighted by Gasteiger charge is -2.13. The molecular weight excluding hydrogens is 368 g/mol. The molecule has 3 rings (SSSR count). The number of halogens is 1. The fraction of sp³-hybridized carbons (Fsp3) is 0.222. The highest BCUT2D eigenvalue weighted by molar-refractivity contribution is 6.31. The van der Waals surface area contributed by atoms with Gasteiger partial charge in [0, 0.05) is 30.8 Å². The molecule has 0 saturated carbocycles.